The smallest absolute Gasteiger partial charge is 0.251 e. The van der Waals surface area contributed by atoms with Gasteiger partial charge in [-0.05, 0) is 30.5 Å². The van der Waals surface area contributed by atoms with Gasteiger partial charge in [0, 0.05) is 36.2 Å². The molecular weight excluding hydrogens is 459 g/mol. The van der Waals surface area contributed by atoms with Gasteiger partial charge in [0.2, 0.25) is 0 Å². The van der Waals surface area contributed by atoms with E-state index < -0.39 is 0 Å². The van der Waals surface area contributed by atoms with E-state index in [1.165, 1.54) is 6.42 Å². The van der Waals surface area contributed by atoms with Crippen molar-refractivity contribution in [3.05, 3.63) is 34.3 Å². The van der Waals surface area contributed by atoms with E-state index in [9.17, 15) is 4.79 Å². The Kier molecular flexibility index (Phi) is 8.16. The molecule has 1 aliphatic carbocycles. The van der Waals surface area contributed by atoms with Crippen molar-refractivity contribution in [1.29, 1.82) is 0 Å². The zero-order valence-corrected chi connectivity index (χ0v) is 16.6. The number of rotatable bonds is 5. The van der Waals surface area contributed by atoms with E-state index in [-0.39, 0.29) is 29.9 Å². The predicted octanol–water partition coefficient (Wildman–Crippen LogP) is 2.37. The van der Waals surface area contributed by atoms with Crippen LogP contribution in [0.25, 0.3) is 0 Å². The molecule has 0 radical (unpaired) electrons. The van der Waals surface area contributed by atoms with Crippen LogP contribution >= 0.6 is 39.9 Å². The lowest BCUT2D eigenvalue weighted by atomic mass is 10.2. The van der Waals surface area contributed by atoms with Gasteiger partial charge in [0.1, 0.15) is 0 Å². The van der Waals surface area contributed by atoms with Crippen molar-refractivity contribution >= 4 is 51.8 Å². The van der Waals surface area contributed by atoms with E-state index in [2.05, 4.69) is 43.8 Å². The Hall–Kier alpha value is -0.830. The third kappa shape index (κ3) is 6.12. The molecule has 2 atom stereocenters. The predicted molar refractivity (Wildman–Crippen MR) is 104 cm³/mol. The van der Waals surface area contributed by atoms with Crippen molar-refractivity contribution in [2.75, 3.05) is 20.1 Å². The summed E-state index contributed by atoms with van der Waals surface area (Å²) in [6.07, 6.45) is 1.19. The number of nitrogens with zero attached hydrogens (tertiary/aromatic N) is 1. The van der Waals surface area contributed by atoms with E-state index >= 15 is 0 Å². The largest absolute Gasteiger partial charge is 0.355 e. The van der Waals surface area contributed by atoms with Crippen LogP contribution in [0.4, 0.5) is 0 Å². The van der Waals surface area contributed by atoms with Crippen LogP contribution in [0.3, 0.4) is 0 Å². The maximum Gasteiger partial charge on any atom is 0.251 e. The first-order chi connectivity index (χ1) is 10.1. The summed E-state index contributed by atoms with van der Waals surface area (Å²) in [6, 6.07) is 7.87. The van der Waals surface area contributed by atoms with Gasteiger partial charge in [0.05, 0.1) is 0 Å². The molecule has 3 N–H and O–H groups in total. The highest BCUT2D eigenvalue weighted by molar-refractivity contribution is 14.0. The number of aliphatic imine (C=N–C) groups is 1. The molecule has 1 saturated carbocycles. The molecule has 0 saturated heterocycles. The molecule has 2 unspecified atom stereocenters. The molecule has 2 rings (SSSR count). The second-order valence-electron chi connectivity index (χ2n) is 5.23. The van der Waals surface area contributed by atoms with Gasteiger partial charge in [-0.3, -0.25) is 9.79 Å². The first-order valence-corrected chi connectivity index (χ1v) is 7.90. The quantitative estimate of drug-likeness (QED) is 0.262. The van der Waals surface area contributed by atoms with Crippen molar-refractivity contribution in [2.45, 2.75) is 19.4 Å². The highest BCUT2D eigenvalue weighted by atomic mass is 127. The third-order valence-corrected chi connectivity index (χ3v) is 3.94. The number of amides is 1. The van der Waals surface area contributed by atoms with Crippen molar-refractivity contribution < 1.29 is 4.79 Å². The molecule has 1 aromatic carbocycles. The van der Waals surface area contributed by atoms with Gasteiger partial charge in [-0.25, -0.2) is 0 Å². The fourth-order valence-electron chi connectivity index (χ4n) is 1.98. The van der Waals surface area contributed by atoms with E-state index in [0.717, 1.165) is 16.4 Å². The summed E-state index contributed by atoms with van der Waals surface area (Å²) in [5.41, 5.74) is 0.652. The molecule has 0 aromatic heterocycles. The van der Waals surface area contributed by atoms with Crippen LogP contribution in [0.2, 0.25) is 0 Å². The van der Waals surface area contributed by atoms with Gasteiger partial charge >= 0.3 is 0 Å². The highest BCUT2D eigenvalue weighted by Gasteiger charge is 2.33. The molecule has 5 nitrogen and oxygen atoms in total. The molecule has 1 aromatic rings. The topological polar surface area (TPSA) is 65.5 Å². The zero-order valence-electron chi connectivity index (χ0n) is 12.7. The summed E-state index contributed by atoms with van der Waals surface area (Å²) in [5.74, 6) is 1.44. The fraction of sp³-hybridized carbons (Fsp3) is 0.467. The molecule has 22 heavy (non-hydrogen) atoms. The minimum atomic E-state index is -0.0724. The Labute approximate surface area is 156 Å². The maximum absolute atomic E-state index is 11.9. The van der Waals surface area contributed by atoms with Crippen LogP contribution < -0.4 is 16.0 Å². The fourth-order valence-corrected chi connectivity index (χ4v) is 2.38. The summed E-state index contributed by atoms with van der Waals surface area (Å²) >= 11 is 3.36. The van der Waals surface area contributed by atoms with Crippen molar-refractivity contribution in [2.24, 2.45) is 10.9 Å². The molecule has 7 heteroatoms. The number of nitrogens with one attached hydrogen (secondary N) is 3. The van der Waals surface area contributed by atoms with Gasteiger partial charge in [0.25, 0.3) is 5.91 Å². The number of hydrogen-bond donors (Lipinski definition) is 3. The average Bonchev–Trinajstić information content (AvgIpc) is 3.17. The molecule has 0 aliphatic heterocycles. The van der Waals surface area contributed by atoms with Crippen LogP contribution in [0.1, 0.15) is 23.7 Å². The summed E-state index contributed by atoms with van der Waals surface area (Å²) < 4.78 is 0.899. The Bertz CT molecular complexity index is 538. The summed E-state index contributed by atoms with van der Waals surface area (Å²) in [6.45, 7) is 3.40. The first-order valence-electron chi connectivity index (χ1n) is 7.11. The average molecular weight is 481 g/mol. The van der Waals surface area contributed by atoms with Crippen molar-refractivity contribution in [3.8, 4) is 0 Å². The van der Waals surface area contributed by atoms with Crippen LogP contribution in [0, 0.1) is 5.92 Å². The molecule has 1 amide bonds. The minimum absolute atomic E-state index is 0. The van der Waals surface area contributed by atoms with Crippen LogP contribution in [0.5, 0.6) is 0 Å². The normalized spacial score (nSPS) is 19.9. The lowest BCUT2D eigenvalue weighted by molar-refractivity contribution is 0.0954. The third-order valence-electron chi connectivity index (χ3n) is 3.45. The zero-order chi connectivity index (χ0) is 15.2. The summed E-state index contributed by atoms with van der Waals surface area (Å²) in [4.78, 5) is 16.1. The lowest BCUT2D eigenvalue weighted by Gasteiger charge is -2.12. The van der Waals surface area contributed by atoms with Gasteiger partial charge in [-0.1, -0.05) is 28.9 Å². The number of halogens is 2. The van der Waals surface area contributed by atoms with Gasteiger partial charge in [0.15, 0.2) is 5.96 Å². The molecule has 0 spiro atoms. The second kappa shape index (κ2) is 9.34. The Morgan fingerprint density at radius 2 is 2.05 bits per heavy atom. The number of guanidine groups is 1. The molecular formula is C15H22BrIN4O. The lowest BCUT2D eigenvalue weighted by Crippen LogP contribution is -2.42. The Balaban J connectivity index is 0.00000242. The molecule has 1 aliphatic rings. The Morgan fingerprint density at radius 3 is 2.64 bits per heavy atom. The molecule has 1 fully saturated rings. The Morgan fingerprint density at radius 1 is 1.36 bits per heavy atom. The number of hydrogen-bond acceptors (Lipinski definition) is 2. The number of carbonyl (C=O) groups excluding carboxylic acids is 1. The molecule has 0 bridgehead atoms. The first kappa shape index (κ1) is 19.2. The highest BCUT2D eigenvalue weighted by Crippen LogP contribution is 2.28. The summed E-state index contributed by atoms with van der Waals surface area (Å²) in [5, 5.41) is 9.41. The van der Waals surface area contributed by atoms with E-state index in [1.807, 2.05) is 12.1 Å². The van der Waals surface area contributed by atoms with E-state index in [4.69, 9.17) is 0 Å². The second-order valence-corrected chi connectivity index (χ2v) is 6.14. The van der Waals surface area contributed by atoms with Crippen molar-refractivity contribution in [3.63, 3.8) is 0 Å². The van der Waals surface area contributed by atoms with Crippen LogP contribution in [-0.2, 0) is 0 Å². The van der Waals surface area contributed by atoms with Gasteiger partial charge in [-0.2, -0.15) is 0 Å². The van der Waals surface area contributed by atoms with Gasteiger partial charge in [-0.15, -0.1) is 24.0 Å². The van der Waals surface area contributed by atoms with Crippen molar-refractivity contribution in [1.82, 2.24) is 16.0 Å². The molecule has 0 heterocycles. The van der Waals surface area contributed by atoms with E-state index in [0.29, 0.717) is 24.7 Å². The standard InChI is InChI=1S/C15H21BrN4O.HI/c1-10-8-13(10)20-15(17-2)19-7-6-18-14(21)11-4-3-5-12(16)9-11;/h3-5,9-10,13H,6-8H2,1-2H3,(H,18,21)(H2,17,19,20);1H. The minimum Gasteiger partial charge on any atom is -0.355 e. The van der Waals surface area contributed by atoms with Crippen LogP contribution in [0.15, 0.2) is 33.7 Å². The van der Waals surface area contributed by atoms with Crippen LogP contribution in [-0.4, -0.2) is 38.0 Å². The maximum atomic E-state index is 11.9. The monoisotopic (exact) mass is 480 g/mol. The van der Waals surface area contributed by atoms with E-state index in [1.54, 1.807) is 19.2 Å². The SMILES string of the molecule is CN=C(NCCNC(=O)c1cccc(Br)c1)NC1CC1C.I. The number of carbonyl (C=O) groups is 1. The molecule has 122 valence electrons. The van der Waals surface area contributed by atoms with Gasteiger partial charge < -0.3 is 16.0 Å². The summed E-state index contributed by atoms with van der Waals surface area (Å²) in [7, 11) is 1.75. The number of benzene rings is 1.